The summed E-state index contributed by atoms with van der Waals surface area (Å²) in [5, 5.41) is 18.7. The van der Waals surface area contributed by atoms with Crippen LogP contribution in [0.3, 0.4) is 0 Å². The zero-order valence-corrected chi connectivity index (χ0v) is 27.5. The molecule has 0 heterocycles. The molecule has 0 aliphatic heterocycles. The Kier molecular flexibility index (Phi) is 42.1. The zero-order valence-electron chi connectivity index (χ0n) is 27.5. The number of unbranched alkanes of at least 4 members (excludes halogenated alkanes) is 27. The fourth-order valence-electron chi connectivity index (χ4n) is 5.21. The van der Waals surface area contributed by atoms with Gasteiger partial charge in [-0.1, -0.05) is 187 Å². The molecule has 0 aromatic carbocycles. The Labute approximate surface area is 251 Å². The molecule has 0 aromatic rings. The summed E-state index contributed by atoms with van der Waals surface area (Å²) in [5.74, 6) is -0.653. The van der Waals surface area contributed by atoms with E-state index in [2.05, 4.69) is 13.8 Å². The Hall–Kier alpha value is -0.610. The highest BCUT2D eigenvalue weighted by atomic mass is 16.5. The van der Waals surface area contributed by atoms with Gasteiger partial charge >= 0.3 is 5.97 Å². The molecule has 1 N–H and O–H groups in total. The van der Waals surface area contributed by atoms with Crippen LogP contribution in [0.15, 0.2) is 0 Å². The van der Waals surface area contributed by atoms with Crippen LogP contribution in [0.1, 0.15) is 206 Å². The minimum Gasteiger partial charge on any atom is -0.481 e. The Bertz CT molecular complexity index is 423. The summed E-state index contributed by atoms with van der Waals surface area (Å²) in [6.45, 7) is 5.61. The van der Waals surface area contributed by atoms with Gasteiger partial charge in [-0.05, 0) is 12.8 Å². The molecule has 0 aliphatic rings. The maximum absolute atomic E-state index is 10.3. The van der Waals surface area contributed by atoms with E-state index in [1.165, 1.54) is 167 Å². The number of carboxylic acid groups (broad SMARTS) is 1. The lowest BCUT2D eigenvalue weighted by Crippen LogP contribution is -1.99. The second-order valence-corrected chi connectivity index (χ2v) is 12.0. The van der Waals surface area contributed by atoms with Crippen LogP contribution in [0, 0.1) is 0 Å². The first-order chi connectivity index (χ1) is 19.7. The first-order valence-corrected chi connectivity index (χ1v) is 18.1. The Morgan fingerprint density at radius 3 is 0.975 bits per heavy atom. The minimum atomic E-state index is -0.653. The molecule has 0 saturated heterocycles. The zero-order chi connectivity index (χ0) is 29.6. The van der Waals surface area contributed by atoms with E-state index in [9.17, 15) is 9.90 Å². The van der Waals surface area contributed by atoms with Gasteiger partial charge in [0.2, 0.25) is 0 Å². The molecule has 4 heteroatoms. The van der Waals surface area contributed by atoms with Gasteiger partial charge in [0.05, 0.1) is 6.61 Å². The van der Waals surface area contributed by atoms with Gasteiger partial charge in [-0.3, -0.25) is 4.79 Å². The van der Waals surface area contributed by atoms with E-state index in [0.29, 0.717) is 13.0 Å². The average Bonchev–Trinajstić information content (AvgIpc) is 2.95. The van der Waals surface area contributed by atoms with Gasteiger partial charge in [0, 0.05) is 13.0 Å². The molecule has 0 atom stereocenters. The number of aliphatic carboxylic acids is 1. The normalized spacial score (nSPS) is 11.0. The Morgan fingerprint density at radius 1 is 0.425 bits per heavy atom. The molecule has 0 aromatic heterocycles. The molecule has 4 nitrogen and oxygen atoms in total. The van der Waals surface area contributed by atoms with Crippen molar-refractivity contribution >= 4 is 5.97 Å². The second-order valence-electron chi connectivity index (χ2n) is 12.0. The van der Waals surface area contributed by atoms with Crippen molar-refractivity contribution in [1.82, 2.24) is 0 Å². The van der Waals surface area contributed by atoms with Crippen LogP contribution in [0.5, 0.6) is 0 Å². The molecule has 0 unspecified atom stereocenters. The fourth-order valence-corrected chi connectivity index (χ4v) is 5.21. The molecular formula is C36H73O4. The van der Waals surface area contributed by atoms with E-state index in [1.807, 2.05) is 0 Å². The summed E-state index contributed by atoms with van der Waals surface area (Å²) in [4.78, 5) is 10.3. The van der Waals surface area contributed by atoms with Gasteiger partial charge in [-0.15, -0.1) is 0 Å². The third kappa shape index (κ3) is 44.4. The van der Waals surface area contributed by atoms with Crippen LogP contribution in [0.25, 0.3) is 0 Å². The third-order valence-electron chi connectivity index (χ3n) is 7.86. The quantitative estimate of drug-likeness (QED) is 0.0799. The molecular weight excluding hydrogens is 496 g/mol. The first-order valence-electron chi connectivity index (χ1n) is 18.1. The van der Waals surface area contributed by atoms with Crippen LogP contribution in [0.4, 0.5) is 0 Å². The standard InChI is InChI=1S/C18H37O2.C18H36O2/c1-2-3-4-5-6-7-8-9-10-11-12-13-14-15-17-20-18-16-19;1-2-3-4-5-6-7-8-9-10-11-12-13-14-15-16-17-18(19)20/h2-18H2,1H3;2-17H2,1H3,(H,19,20). The van der Waals surface area contributed by atoms with E-state index in [-0.39, 0.29) is 6.61 Å². The van der Waals surface area contributed by atoms with Gasteiger partial charge in [0.15, 0.2) is 0 Å². The van der Waals surface area contributed by atoms with E-state index in [1.54, 1.807) is 0 Å². The number of rotatable bonds is 33. The lowest BCUT2D eigenvalue weighted by atomic mass is 10.0. The van der Waals surface area contributed by atoms with Crippen LogP contribution in [-0.4, -0.2) is 30.9 Å². The number of carbonyl (C=O) groups is 1. The van der Waals surface area contributed by atoms with E-state index in [4.69, 9.17) is 9.84 Å². The monoisotopic (exact) mass is 570 g/mol. The molecule has 0 aliphatic carbocycles. The SMILES string of the molecule is CCCCCCCCCCCCCCCCCC(=O)O.CCCCCCCCCCCCCCCCOCC[O]. The number of carboxylic acids is 1. The lowest BCUT2D eigenvalue weighted by Gasteiger charge is -2.03. The molecule has 0 bridgehead atoms. The van der Waals surface area contributed by atoms with Crippen molar-refractivity contribution in [3.63, 3.8) is 0 Å². The van der Waals surface area contributed by atoms with E-state index in [0.717, 1.165) is 25.9 Å². The highest BCUT2D eigenvalue weighted by Gasteiger charge is 1.97. The molecule has 0 fully saturated rings. The van der Waals surface area contributed by atoms with Gasteiger partial charge < -0.3 is 9.84 Å². The molecule has 0 saturated carbocycles. The van der Waals surface area contributed by atoms with E-state index >= 15 is 0 Å². The Morgan fingerprint density at radius 2 is 0.700 bits per heavy atom. The number of hydrogen-bond acceptors (Lipinski definition) is 2. The fraction of sp³-hybridized carbons (Fsp3) is 0.972. The molecule has 0 rings (SSSR count). The van der Waals surface area contributed by atoms with Gasteiger partial charge in [0.1, 0.15) is 6.61 Å². The topological polar surface area (TPSA) is 66.4 Å². The summed E-state index contributed by atoms with van der Waals surface area (Å²) in [6.07, 6.45) is 39.5. The average molecular weight is 570 g/mol. The van der Waals surface area contributed by atoms with Crippen molar-refractivity contribution in [2.45, 2.75) is 206 Å². The largest absolute Gasteiger partial charge is 0.481 e. The second kappa shape index (κ2) is 40.5. The third-order valence-corrected chi connectivity index (χ3v) is 7.86. The number of hydrogen-bond donors (Lipinski definition) is 1. The number of ether oxygens (including phenoxy) is 1. The van der Waals surface area contributed by atoms with Crippen LogP contribution >= 0.6 is 0 Å². The van der Waals surface area contributed by atoms with Gasteiger partial charge in [0.25, 0.3) is 0 Å². The van der Waals surface area contributed by atoms with Crippen LogP contribution < -0.4 is 0 Å². The highest BCUT2D eigenvalue weighted by Crippen LogP contribution is 2.14. The predicted molar refractivity (Wildman–Crippen MR) is 174 cm³/mol. The van der Waals surface area contributed by atoms with Gasteiger partial charge in [-0.2, -0.15) is 0 Å². The van der Waals surface area contributed by atoms with Crippen molar-refractivity contribution in [2.75, 3.05) is 19.8 Å². The maximum Gasteiger partial charge on any atom is 0.303 e. The lowest BCUT2D eigenvalue weighted by molar-refractivity contribution is -0.137. The van der Waals surface area contributed by atoms with Crippen LogP contribution in [0.2, 0.25) is 0 Å². The van der Waals surface area contributed by atoms with Crippen molar-refractivity contribution in [1.29, 1.82) is 0 Å². The predicted octanol–water partition coefficient (Wildman–Crippen LogP) is 12.2. The molecule has 1 radical (unpaired) electrons. The summed E-state index contributed by atoms with van der Waals surface area (Å²) < 4.78 is 5.18. The maximum atomic E-state index is 10.3. The summed E-state index contributed by atoms with van der Waals surface area (Å²) in [5.41, 5.74) is 0. The highest BCUT2D eigenvalue weighted by molar-refractivity contribution is 5.66. The minimum absolute atomic E-state index is 0.0986. The van der Waals surface area contributed by atoms with Crippen molar-refractivity contribution < 1.29 is 19.7 Å². The Balaban J connectivity index is 0. The van der Waals surface area contributed by atoms with Crippen LogP contribution in [-0.2, 0) is 14.6 Å². The van der Waals surface area contributed by atoms with E-state index < -0.39 is 5.97 Å². The van der Waals surface area contributed by atoms with Crippen molar-refractivity contribution in [3.05, 3.63) is 0 Å². The molecule has 241 valence electrons. The molecule has 40 heavy (non-hydrogen) atoms. The molecule has 0 amide bonds. The first kappa shape index (κ1) is 41.5. The smallest absolute Gasteiger partial charge is 0.303 e. The summed E-state index contributed by atoms with van der Waals surface area (Å²) in [7, 11) is 0. The van der Waals surface area contributed by atoms with Crippen molar-refractivity contribution in [2.24, 2.45) is 0 Å². The molecule has 0 spiro atoms. The summed E-state index contributed by atoms with van der Waals surface area (Å²) >= 11 is 0. The summed E-state index contributed by atoms with van der Waals surface area (Å²) in [6, 6.07) is 0. The van der Waals surface area contributed by atoms with Gasteiger partial charge in [-0.25, -0.2) is 5.11 Å². The van der Waals surface area contributed by atoms with Crippen molar-refractivity contribution in [3.8, 4) is 0 Å².